The molecular formula is C20H22N2O3S2. The third-order valence-electron chi connectivity index (χ3n) is 3.93. The van der Waals surface area contributed by atoms with E-state index in [9.17, 15) is 4.79 Å². The molecule has 2 aromatic heterocycles. The quantitative estimate of drug-likeness (QED) is 0.308. The van der Waals surface area contributed by atoms with Crippen molar-refractivity contribution < 1.29 is 14.3 Å². The maximum atomic E-state index is 12.3. The minimum Gasteiger partial charge on any atom is -0.494 e. The molecule has 0 unspecified atom stereocenters. The Morgan fingerprint density at radius 2 is 1.89 bits per heavy atom. The number of benzene rings is 1. The molecule has 3 aromatic rings. The topological polar surface area (TPSA) is 61.3 Å². The predicted molar refractivity (Wildman–Crippen MR) is 111 cm³/mol. The smallest absolute Gasteiger partial charge is 0.322 e. The van der Waals surface area contributed by atoms with Crippen molar-refractivity contribution in [1.82, 2.24) is 9.97 Å². The Kier molecular flexibility index (Phi) is 6.01. The molecule has 1 aromatic carbocycles. The van der Waals surface area contributed by atoms with Crippen molar-refractivity contribution in [1.29, 1.82) is 0 Å². The first-order chi connectivity index (χ1) is 13.0. The van der Waals surface area contributed by atoms with Crippen LogP contribution in [0.2, 0.25) is 0 Å². The molecule has 7 heteroatoms. The van der Waals surface area contributed by atoms with Crippen LogP contribution >= 0.6 is 23.1 Å². The second-order valence-electron chi connectivity index (χ2n) is 6.30. The molecule has 0 aliphatic rings. The van der Waals surface area contributed by atoms with E-state index in [1.165, 1.54) is 11.8 Å². The molecule has 2 heterocycles. The van der Waals surface area contributed by atoms with Crippen LogP contribution in [0.4, 0.5) is 0 Å². The summed E-state index contributed by atoms with van der Waals surface area (Å²) < 4.78 is 10.00. The SMILES string of the molecule is CCOC(=O)C(C)(C)Sc1ncnc2scc(-c3ccc(OCC)cc3)c12. The summed E-state index contributed by atoms with van der Waals surface area (Å²) in [5, 5.41) is 3.83. The second kappa shape index (κ2) is 8.27. The second-order valence-corrected chi connectivity index (χ2v) is 8.77. The van der Waals surface area contributed by atoms with Crippen LogP contribution in [-0.4, -0.2) is 33.9 Å². The van der Waals surface area contributed by atoms with Gasteiger partial charge in [-0.1, -0.05) is 23.9 Å². The van der Waals surface area contributed by atoms with Gasteiger partial charge in [-0.25, -0.2) is 9.97 Å². The number of carbonyl (C=O) groups is 1. The fourth-order valence-electron chi connectivity index (χ4n) is 2.62. The highest BCUT2D eigenvalue weighted by Gasteiger charge is 2.32. The Balaban J connectivity index is 2.00. The van der Waals surface area contributed by atoms with Crippen molar-refractivity contribution in [2.45, 2.75) is 37.5 Å². The van der Waals surface area contributed by atoms with E-state index < -0.39 is 4.75 Å². The van der Waals surface area contributed by atoms with Gasteiger partial charge in [0, 0.05) is 10.9 Å². The summed E-state index contributed by atoms with van der Waals surface area (Å²) >= 11 is 2.97. The Morgan fingerprint density at radius 1 is 1.15 bits per heavy atom. The molecule has 0 atom stereocenters. The number of nitrogens with zero attached hydrogens (tertiary/aromatic N) is 2. The highest BCUT2D eigenvalue weighted by Crippen LogP contribution is 2.42. The summed E-state index contributed by atoms with van der Waals surface area (Å²) in [6.07, 6.45) is 1.55. The molecule has 27 heavy (non-hydrogen) atoms. The maximum absolute atomic E-state index is 12.3. The van der Waals surface area contributed by atoms with Gasteiger partial charge in [0.05, 0.1) is 18.6 Å². The van der Waals surface area contributed by atoms with Crippen LogP contribution in [0, 0.1) is 0 Å². The van der Waals surface area contributed by atoms with E-state index in [4.69, 9.17) is 9.47 Å². The van der Waals surface area contributed by atoms with Crippen molar-refractivity contribution in [3.63, 3.8) is 0 Å². The van der Waals surface area contributed by atoms with Crippen LogP contribution in [0.15, 0.2) is 41.0 Å². The van der Waals surface area contributed by atoms with Crippen LogP contribution in [0.25, 0.3) is 21.3 Å². The third kappa shape index (κ3) is 4.25. The molecule has 0 bridgehead atoms. The van der Waals surface area contributed by atoms with Gasteiger partial charge in [-0.15, -0.1) is 11.3 Å². The van der Waals surface area contributed by atoms with Crippen LogP contribution in [0.5, 0.6) is 5.75 Å². The summed E-state index contributed by atoms with van der Waals surface area (Å²) in [6, 6.07) is 7.98. The summed E-state index contributed by atoms with van der Waals surface area (Å²) in [5.74, 6) is 0.592. The molecular weight excluding hydrogens is 380 g/mol. The van der Waals surface area contributed by atoms with E-state index in [2.05, 4.69) is 15.3 Å². The lowest BCUT2D eigenvalue weighted by molar-refractivity contribution is -0.145. The Bertz CT molecular complexity index is 936. The van der Waals surface area contributed by atoms with Crippen LogP contribution in [0.1, 0.15) is 27.7 Å². The molecule has 3 rings (SSSR count). The number of rotatable bonds is 7. The van der Waals surface area contributed by atoms with Gasteiger partial charge in [0.25, 0.3) is 0 Å². The molecule has 0 aliphatic carbocycles. The predicted octanol–water partition coefficient (Wildman–Crippen LogP) is 5.19. The zero-order chi connectivity index (χ0) is 19.4. The van der Waals surface area contributed by atoms with Gasteiger partial charge in [-0.05, 0) is 45.4 Å². The highest BCUT2D eigenvalue weighted by atomic mass is 32.2. The zero-order valence-corrected chi connectivity index (χ0v) is 17.4. The van der Waals surface area contributed by atoms with E-state index in [1.807, 2.05) is 52.0 Å². The van der Waals surface area contributed by atoms with Gasteiger partial charge in [-0.3, -0.25) is 4.79 Å². The molecule has 0 saturated heterocycles. The number of thiophene rings is 1. The number of fused-ring (bicyclic) bond motifs is 1. The van der Waals surface area contributed by atoms with Crippen molar-refractivity contribution in [3.8, 4) is 16.9 Å². The van der Waals surface area contributed by atoms with Gasteiger partial charge in [0.1, 0.15) is 26.7 Å². The maximum Gasteiger partial charge on any atom is 0.322 e. The highest BCUT2D eigenvalue weighted by molar-refractivity contribution is 8.01. The fourth-order valence-corrected chi connectivity index (χ4v) is 4.64. The lowest BCUT2D eigenvalue weighted by atomic mass is 10.1. The average Bonchev–Trinajstić information content (AvgIpc) is 3.08. The summed E-state index contributed by atoms with van der Waals surface area (Å²) in [5.41, 5.74) is 2.12. The molecule has 142 valence electrons. The van der Waals surface area contributed by atoms with E-state index in [0.29, 0.717) is 13.2 Å². The largest absolute Gasteiger partial charge is 0.494 e. The molecule has 0 radical (unpaired) electrons. The first-order valence-electron chi connectivity index (χ1n) is 8.78. The summed E-state index contributed by atoms with van der Waals surface area (Å²) in [7, 11) is 0. The van der Waals surface area contributed by atoms with E-state index in [1.54, 1.807) is 17.7 Å². The van der Waals surface area contributed by atoms with E-state index in [0.717, 1.165) is 32.1 Å². The minimum atomic E-state index is -0.741. The first-order valence-corrected chi connectivity index (χ1v) is 10.5. The summed E-state index contributed by atoms with van der Waals surface area (Å²) in [6.45, 7) is 8.48. The standard InChI is InChI=1S/C20H22N2O3S2/c1-5-24-14-9-7-13(8-10-14)15-11-26-17-16(15)18(22-12-21-17)27-20(3,4)19(23)25-6-2/h7-12H,5-6H2,1-4H3. The molecule has 0 amide bonds. The lowest BCUT2D eigenvalue weighted by Crippen LogP contribution is -2.30. The Morgan fingerprint density at radius 3 is 2.56 bits per heavy atom. The minimum absolute atomic E-state index is 0.250. The van der Waals surface area contributed by atoms with Gasteiger partial charge in [-0.2, -0.15) is 0 Å². The molecule has 0 N–H and O–H groups in total. The normalized spacial score (nSPS) is 11.6. The molecule has 0 fully saturated rings. The van der Waals surface area contributed by atoms with Crippen molar-refractivity contribution in [2.24, 2.45) is 0 Å². The van der Waals surface area contributed by atoms with Gasteiger partial charge < -0.3 is 9.47 Å². The monoisotopic (exact) mass is 402 g/mol. The number of carbonyl (C=O) groups excluding carboxylic acids is 1. The van der Waals surface area contributed by atoms with Crippen molar-refractivity contribution >= 4 is 39.3 Å². The number of esters is 1. The molecule has 0 saturated carbocycles. The first kappa shape index (κ1) is 19.6. The Hall–Kier alpha value is -2.12. The average molecular weight is 403 g/mol. The van der Waals surface area contributed by atoms with Crippen molar-refractivity contribution in [2.75, 3.05) is 13.2 Å². The number of thioether (sulfide) groups is 1. The van der Waals surface area contributed by atoms with Gasteiger partial charge in [0.2, 0.25) is 0 Å². The van der Waals surface area contributed by atoms with Gasteiger partial charge in [0.15, 0.2) is 0 Å². The van der Waals surface area contributed by atoms with Crippen molar-refractivity contribution in [3.05, 3.63) is 36.0 Å². The number of ether oxygens (including phenoxy) is 2. The van der Waals surface area contributed by atoms with Crippen LogP contribution < -0.4 is 4.74 Å². The number of hydrogen-bond acceptors (Lipinski definition) is 7. The fraction of sp³-hybridized carbons (Fsp3) is 0.350. The number of aromatic nitrogens is 2. The number of hydrogen-bond donors (Lipinski definition) is 0. The molecule has 0 spiro atoms. The van der Waals surface area contributed by atoms with Gasteiger partial charge >= 0.3 is 5.97 Å². The zero-order valence-electron chi connectivity index (χ0n) is 15.8. The van der Waals surface area contributed by atoms with E-state index in [-0.39, 0.29) is 5.97 Å². The summed E-state index contributed by atoms with van der Waals surface area (Å²) in [4.78, 5) is 22.1. The van der Waals surface area contributed by atoms with Crippen LogP contribution in [0.3, 0.4) is 0 Å². The third-order valence-corrected chi connectivity index (χ3v) is 6.00. The molecule has 0 aliphatic heterocycles. The van der Waals surface area contributed by atoms with E-state index >= 15 is 0 Å². The molecule has 5 nitrogen and oxygen atoms in total. The lowest BCUT2D eigenvalue weighted by Gasteiger charge is -2.21. The Labute approximate surface area is 167 Å². The van der Waals surface area contributed by atoms with Crippen LogP contribution in [-0.2, 0) is 9.53 Å².